The molecule has 6 heteroatoms. The molecule has 0 saturated carbocycles. The summed E-state index contributed by atoms with van der Waals surface area (Å²) in [5.74, 6) is 1.14. The van der Waals surface area contributed by atoms with Crippen LogP contribution in [0, 0.1) is 0 Å². The van der Waals surface area contributed by atoms with Gasteiger partial charge in [-0.1, -0.05) is 6.92 Å². The van der Waals surface area contributed by atoms with E-state index in [1.54, 1.807) is 38.5 Å². The molecule has 2 aromatic carbocycles. The monoisotopic (exact) mass is 329 g/mol. The van der Waals surface area contributed by atoms with Gasteiger partial charge in [0.05, 0.1) is 31.2 Å². The van der Waals surface area contributed by atoms with E-state index in [-0.39, 0.29) is 5.91 Å². The summed E-state index contributed by atoms with van der Waals surface area (Å²) in [6.07, 6.45) is 0.864. The molecule has 1 amide bonds. The highest BCUT2D eigenvalue weighted by molar-refractivity contribution is 6.01. The molecule has 128 valence electrons. The fourth-order valence-corrected chi connectivity index (χ4v) is 2.24. The molecule has 0 unspecified atom stereocenters. The van der Waals surface area contributed by atoms with Crippen molar-refractivity contribution in [2.45, 2.75) is 13.3 Å². The van der Waals surface area contributed by atoms with Crippen LogP contribution in [0.5, 0.6) is 11.5 Å². The minimum Gasteiger partial charge on any atom is -0.497 e. The molecule has 2 rings (SSSR count). The van der Waals surface area contributed by atoms with Crippen LogP contribution in [-0.4, -0.2) is 26.7 Å². The zero-order valence-electron chi connectivity index (χ0n) is 14.2. The van der Waals surface area contributed by atoms with E-state index in [9.17, 15) is 4.79 Å². The Hall–Kier alpha value is -2.89. The molecule has 0 atom stereocenters. The van der Waals surface area contributed by atoms with Crippen molar-refractivity contribution in [3.8, 4) is 11.5 Å². The number of amides is 1. The molecule has 0 aliphatic carbocycles. The van der Waals surface area contributed by atoms with Gasteiger partial charge in [0.15, 0.2) is 0 Å². The maximum Gasteiger partial charge on any atom is 0.253 e. The zero-order chi connectivity index (χ0) is 17.5. The summed E-state index contributed by atoms with van der Waals surface area (Å²) < 4.78 is 10.6. The van der Waals surface area contributed by atoms with Crippen molar-refractivity contribution in [2.24, 2.45) is 0 Å². The Kier molecular flexibility index (Phi) is 5.89. The summed E-state index contributed by atoms with van der Waals surface area (Å²) in [6, 6.07) is 10.6. The lowest BCUT2D eigenvalue weighted by atomic mass is 10.1. The second-order valence-corrected chi connectivity index (χ2v) is 5.25. The Bertz CT molecular complexity index is 717. The molecule has 0 bridgehead atoms. The molecule has 0 fully saturated rings. The molecule has 0 saturated heterocycles. The Morgan fingerprint density at radius 2 is 1.83 bits per heavy atom. The summed E-state index contributed by atoms with van der Waals surface area (Å²) in [4.78, 5) is 12.4. The summed E-state index contributed by atoms with van der Waals surface area (Å²) in [5, 5.41) is 6.09. The number of carbonyl (C=O) groups excluding carboxylic acids is 1. The van der Waals surface area contributed by atoms with Gasteiger partial charge in [0.1, 0.15) is 11.5 Å². The number of anilines is 3. The normalized spacial score (nSPS) is 10.1. The number of nitrogens with two attached hydrogens (primary N) is 1. The van der Waals surface area contributed by atoms with E-state index in [4.69, 9.17) is 15.2 Å². The average Bonchev–Trinajstić information content (AvgIpc) is 2.61. The molecule has 0 aliphatic heterocycles. The topological polar surface area (TPSA) is 85.6 Å². The van der Waals surface area contributed by atoms with Crippen LogP contribution in [0.1, 0.15) is 23.7 Å². The van der Waals surface area contributed by atoms with Gasteiger partial charge >= 0.3 is 0 Å². The van der Waals surface area contributed by atoms with E-state index < -0.39 is 0 Å². The van der Waals surface area contributed by atoms with Crippen molar-refractivity contribution in [2.75, 3.05) is 31.8 Å². The summed E-state index contributed by atoms with van der Waals surface area (Å²) >= 11 is 0. The van der Waals surface area contributed by atoms with E-state index in [1.165, 1.54) is 0 Å². The molecule has 24 heavy (non-hydrogen) atoms. The van der Waals surface area contributed by atoms with E-state index in [2.05, 4.69) is 10.6 Å². The number of nitrogens with one attached hydrogen (secondary N) is 2. The first kappa shape index (κ1) is 17.5. The minimum absolute atomic E-state index is 0.167. The molecule has 0 spiro atoms. The van der Waals surface area contributed by atoms with Crippen LogP contribution in [0.4, 0.5) is 17.1 Å². The van der Waals surface area contributed by atoms with Gasteiger partial charge in [-0.15, -0.1) is 0 Å². The average molecular weight is 329 g/mol. The minimum atomic E-state index is -0.167. The van der Waals surface area contributed by atoms with Crippen LogP contribution >= 0.6 is 0 Å². The first-order chi connectivity index (χ1) is 11.6. The van der Waals surface area contributed by atoms with Gasteiger partial charge < -0.3 is 25.8 Å². The van der Waals surface area contributed by atoms with Gasteiger partial charge in [0, 0.05) is 18.3 Å². The van der Waals surface area contributed by atoms with Crippen LogP contribution in [0.3, 0.4) is 0 Å². The third-order valence-electron chi connectivity index (χ3n) is 3.50. The quantitative estimate of drug-likeness (QED) is 0.679. The fraction of sp³-hybridized carbons (Fsp3) is 0.278. The van der Waals surface area contributed by atoms with E-state index >= 15 is 0 Å². The van der Waals surface area contributed by atoms with Crippen molar-refractivity contribution in [1.29, 1.82) is 0 Å². The molecule has 4 N–H and O–H groups in total. The Morgan fingerprint density at radius 1 is 1.08 bits per heavy atom. The van der Waals surface area contributed by atoms with Gasteiger partial charge in [-0.05, 0) is 36.8 Å². The first-order valence-electron chi connectivity index (χ1n) is 7.75. The second kappa shape index (κ2) is 8.10. The SMILES string of the molecule is CCCNC(=O)c1cc(N)ccc1Nc1ccc(OC)cc1OC. The predicted molar refractivity (Wildman–Crippen MR) is 96.3 cm³/mol. The number of hydrogen-bond acceptors (Lipinski definition) is 5. The Balaban J connectivity index is 2.34. The van der Waals surface area contributed by atoms with Crippen LogP contribution < -0.4 is 25.8 Å². The van der Waals surface area contributed by atoms with Gasteiger partial charge in [-0.25, -0.2) is 0 Å². The molecular weight excluding hydrogens is 306 g/mol. The molecule has 0 aromatic heterocycles. The molecule has 2 aromatic rings. The number of benzene rings is 2. The Morgan fingerprint density at radius 3 is 2.50 bits per heavy atom. The van der Waals surface area contributed by atoms with Gasteiger partial charge in [0.25, 0.3) is 5.91 Å². The number of carbonyl (C=O) groups is 1. The third kappa shape index (κ3) is 4.10. The van der Waals surface area contributed by atoms with Crippen molar-refractivity contribution >= 4 is 23.0 Å². The summed E-state index contributed by atoms with van der Waals surface area (Å²) in [6.45, 7) is 2.61. The maximum atomic E-state index is 12.4. The first-order valence-corrected chi connectivity index (χ1v) is 7.75. The number of ether oxygens (including phenoxy) is 2. The molecule has 0 radical (unpaired) electrons. The molecule has 0 aliphatic rings. The standard InChI is InChI=1S/C18H23N3O3/c1-4-9-20-18(22)14-10-12(19)5-7-15(14)21-16-8-6-13(23-2)11-17(16)24-3/h5-8,10-11,21H,4,9,19H2,1-3H3,(H,20,22). The fourth-order valence-electron chi connectivity index (χ4n) is 2.24. The smallest absolute Gasteiger partial charge is 0.253 e. The third-order valence-corrected chi connectivity index (χ3v) is 3.50. The van der Waals surface area contributed by atoms with Gasteiger partial charge in [-0.3, -0.25) is 4.79 Å². The van der Waals surface area contributed by atoms with Crippen LogP contribution in [0.2, 0.25) is 0 Å². The number of nitrogen functional groups attached to an aromatic ring is 1. The van der Waals surface area contributed by atoms with E-state index in [0.29, 0.717) is 35.0 Å². The van der Waals surface area contributed by atoms with Crippen LogP contribution in [-0.2, 0) is 0 Å². The van der Waals surface area contributed by atoms with Crippen molar-refractivity contribution in [3.63, 3.8) is 0 Å². The zero-order valence-corrected chi connectivity index (χ0v) is 14.2. The lowest BCUT2D eigenvalue weighted by Gasteiger charge is -2.16. The number of rotatable bonds is 7. The lowest BCUT2D eigenvalue weighted by Crippen LogP contribution is -2.25. The van der Waals surface area contributed by atoms with E-state index in [1.807, 2.05) is 19.1 Å². The van der Waals surface area contributed by atoms with Crippen molar-refractivity contribution in [1.82, 2.24) is 5.32 Å². The largest absolute Gasteiger partial charge is 0.497 e. The van der Waals surface area contributed by atoms with E-state index in [0.717, 1.165) is 12.1 Å². The van der Waals surface area contributed by atoms with Crippen molar-refractivity contribution in [3.05, 3.63) is 42.0 Å². The lowest BCUT2D eigenvalue weighted by molar-refractivity contribution is 0.0954. The van der Waals surface area contributed by atoms with Crippen molar-refractivity contribution < 1.29 is 14.3 Å². The van der Waals surface area contributed by atoms with Crippen LogP contribution in [0.15, 0.2) is 36.4 Å². The maximum absolute atomic E-state index is 12.4. The van der Waals surface area contributed by atoms with Gasteiger partial charge in [-0.2, -0.15) is 0 Å². The molecular formula is C18H23N3O3. The molecule has 6 nitrogen and oxygen atoms in total. The number of hydrogen-bond donors (Lipinski definition) is 3. The molecule has 0 heterocycles. The highest BCUT2D eigenvalue weighted by Gasteiger charge is 2.13. The summed E-state index contributed by atoms with van der Waals surface area (Å²) in [5.41, 5.74) is 8.23. The second-order valence-electron chi connectivity index (χ2n) is 5.25. The van der Waals surface area contributed by atoms with Crippen LogP contribution in [0.25, 0.3) is 0 Å². The summed E-state index contributed by atoms with van der Waals surface area (Å²) in [7, 11) is 3.18. The van der Waals surface area contributed by atoms with Gasteiger partial charge in [0.2, 0.25) is 0 Å². The highest BCUT2D eigenvalue weighted by Crippen LogP contribution is 2.33. The number of methoxy groups -OCH3 is 2. The predicted octanol–water partition coefficient (Wildman–Crippen LogP) is 3.17. The Labute approximate surface area is 142 Å². The highest BCUT2D eigenvalue weighted by atomic mass is 16.5.